The van der Waals surface area contributed by atoms with Crippen molar-refractivity contribution in [2.24, 2.45) is 5.92 Å². The summed E-state index contributed by atoms with van der Waals surface area (Å²) in [5, 5.41) is 5.90. The fraction of sp³-hybridized carbons (Fsp3) is 0.476. The molecule has 3 rings (SSSR count). The van der Waals surface area contributed by atoms with Gasteiger partial charge in [0.05, 0.1) is 0 Å². The molecule has 2 heterocycles. The van der Waals surface area contributed by atoms with Crippen LogP contribution in [0.3, 0.4) is 0 Å². The zero-order valence-corrected chi connectivity index (χ0v) is 16.5. The first-order valence-electron chi connectivity index (χ1n) is 9.74. The number of benzene rings is 1. The van der Waals surface area contributed by atoms with E-state index in [1.54, 1.807) is 0 Å². The first-order valence-corrected chi connectivity index (χ1v) is 9.74. The predicted molar refractivity (Wildman–Crippen MR) is 109 cm³/mol. The number of hydrogen-bond acceptors (Lipinski definition) is 4. The summed E-state index contributed by atoms with van der Waals surface area (Å²) in [4.78, 5) is 23.6. The second-order valence-corrected chi connectivity index (χ2v) is 7.29. The van der Waals surface area contributed by atoms with Gasteiger partial charge in [0.2, 0.25) is 0 Å². The SMILES string of the molecule is CCc1nc(C)cc(N2CCC[C@@H](CNC(=O)Nc3ccc(C)cc3)C2)n1. The Morgan fingerprint density at radius 2 is 2.00 bits per heavy atom. The Bertz CT molecular complexity index is 775. The number of amides is 2. The van der Waals surface area contributed by atoms with Crippen molar-refractivity contribution in [1.82, 2.24) is 15.3 Å². The fourth-order valence-corrected chi connectivity index (χ4v) is 3.42. The van der Waals surface area contributed by atoms with E-state index in [4.69, 9.17) is 0 Å². The molecule has 2 amide bonds. The van der Waals surface area contributed by atoms with Crippen LogP contribution in [0.5, 0.6) is 0 Å². The van der Waals surface area contributed by atoms with E-state index in [1.807, 2.05) is 38.1 Å². The number of hydrogen-bond donors (Lipinski definition) is 2. The summed E-state index contributed by atoms with van der Waals surface area (Å²) in [6.07, 6.45) is 3.06. The van der Waals surface area contributed by atoms with Crippen LogP contribution in [0, 0.1) is 19.8 Å². The summed E-state index contributed by atoms with van der Waals surface area (Å²) in [5.74, 6) is 2.32. The summed E-state index contributed by atoms with van der Waals surface area (Å²) in [5.41, 5.74) is 3.00. The van der Waals surface area contributed by atoms with Crippen molar-refractivity contribution in [3.05, 3.63) is 47.4 Å². The Kier molecular flexibility index (Phi) is 6.27. The van der Waals surface area contributed by atoms with Gasteiger partial charge in [-0.15, -0.1) is 0 Å². The molecule has 27 heavy (non-hydrogen) atoms. The van der Waals surface area contributed by atoms with Crippen LogP contribution < -0.4 is 15.5 Å². The van der Waals surface area contributed by atoms with Crippen molar-refractivity contribution in [2.45, 2.75) is 40.0 Å². The average molecular weight is 367 g/mol. The van der Waals surface area contributed by atoms with Crippen LogP contribution in [0.25, 0.3) is 0 Å². The molecule has 1 aromatic carbocycles. The van der Waals surface area contributed by atoms with Crippen LogP contribution in [0.2, 0.25) is 0 Å². The third-order valence-corrected chi connectivity index (χ3v) is 4.91. The Balaban J connectivity index is 1.53. The van der Waals surface area contributed by atoms with Gasteiger partial charge in [-0.2, -0.15) is 0 Å². The molecule has 1 atom stereocenters. The maximum atomic E-state index is 12.2. The molecule has 0 bridgehead atoms. The van der Waals surface area contributed by atoms with Crippen molar-refractivity contribution < 1.29 is 4.79 Å². The first kappa shape index (κ1) is 19.1. The van der Waals surface area contributed by atoms with Crippen molar-refractivity contribution >= 4 is 17.5 Å². The number of aryl methyl sites for hydroxylation is 3. The van der Waals surface area contributed by atoms with Crippen LogP contribution in [0.4, 0.5) is 16.3 Å². The highest BCUT2D eigenvalue weighted by Gasteiger charge is 2.22. The third-order valence-electron chi connectivity index (χ3n) is 4.91. The van der Waals surface area contributed by atoms with Gasteiger partial charge in [-0.3, -0.25) is 0 Å². The van der Waals surface area contributed by atoms with E-state index >= 15 is 0 Å². The maximum Gasteiger partial charge on any atom is 0.319 e. The molecule has 2 aromatic rings. The number of carbonyl (C=O) groups is 1. The molecule has 1 aliphatic heterocycles. The summed E-state index contributed by atoms with van der Waals surface area (Å²) >= 11 is 0. The smallest absolute Gasteiger partial charge is 0.319 e. The molecule has 6 nitrogen and oxygen atoms in total. The van der Waals surface area contributed by atoms with E-state index in [0.717, 1.165) is 55.4 Å². The number of nitrogens with zero attached hydrogens (tertiary/aromatic N) is 3. The highest BCUT2D eigenvalue weighted by atomic mass is 16.2. The van der Waals surface area contributed by atoms with Crippen molar-refractivity contribution in [1.29, 1.82) is 0 Å². The molecule has 1 saturated heterocycles. The summed E-state index contributed by atoms with van der Waals surface area (Å²) in [7, 11) is 0. The minimum absolute atomic E-state index is 0.151. The normalized spacial score (nSPS) is 16.9. The number of nitrogens with one attached hydrogen (secondary N) is 2. The molecule has 2 N–H and O–H groups in total. The number of anilines is 2. The van der Waals surface area contributed by atoms with Gasteiger partial charge < -0.3 is 15.5 Å². The summed E-state index contributed by atoms with van der Waals surface area (Å²) in [6.45, 7) is 8.70. The lowest BCUT2D eigenvalue weighted by Gasteiger charge is -2.34. The fourth-order valence-electron chi connectivity index (χ4n) is 3.42. The predicted octanol–water partition coefficient (Wildman–Crippen LogP) is 3.69. The van der Waals surface area contributed by atoms with Gasteiger partial charge in [0.1, 0.15) is 11.6 Å². The van der Waals surface area contributed by atoms with E-state index in [-0.39, 0.29) is 6.03 Å². The van der Waals surface area contributed by atoms with Gasteiger partial charge in [-0.1, -0.05) is 24.6 Å². The minimum Gasteiger partial charge on any atom is -0.356 e. The number of rotatable bonds is 5. The maximum absolute atomic E-state index is 12.2. The zero-order valence-electron chi connectivity index (χ0n) is 16.5. The lowest BCUT2D eigenvalue weighted by atomic mass is 9.98. The molecule has 0 unspecified atom stereocenters. The molecule has 144 valence electrons. The average Bonchev–Trinajstić information content (AvgIpc) is 2.68. The van der Waals surface area contributed by atoms with Crippen LogP contribution >= 0.6 is 0 Å². The summed E-state index contributed by atoms with van der Waals surface area (Å²) < 4.78 is 0. The standard InChI is InChI=1S/C21H29N5O/c1-4-19-23-16(3)12-20(25-19)26-11-5-6-17(14-26)13-22-21(27)24-18-9-7-15(2)8-10-18/h7-10,12,17H,4-6,11,13-14H2,1-3H3,(H2,22,24,27)/t17-/m0/s1. The van der Waals surface area contributed by atoms with Crippen LogP contribution in [0.15, 0.2) is 30.3 Å². The molecule has 1 fully saturated rings. The largest absolute Gasteiger partial charge is 0.356 e. The quantitative estimate of drug-likeness (QED) is 0.845. The molecule has 6 heteroatoms. The van der Waals surface area contributed by atoms with Crippen molar-refractivity contribution in [2.75, 3.05) is 29.9 Å². The number of piperidine rings is 1. The molecular formula is C21H29N5O. The Hall–Kier alpha value is -2.63. The van der Waals surface area contributed by atoms with Crippen LogP contribution in [-0.2, 0) is 6.42 Å². The molecule has 0 aliphatic carbocycles. The van der Waals surface area contributed by atoms with Gasteiger partial charge in [0.15, 0.2) is 0 Å². The summed E-state index contributed by atoms with van der Waals surface area (Å²) in [6, 6.07) is 9.72. The number of urea groups is 1. The lowest BCUT2D eigenvalue weighted by Crippen LogP contribution is -2.42. The zero-order chi connectivity index (χ0) is 19.2. The minimum atomic E-state index is -0.151. The van der Waals surface area contributed by atoms with Gasteiger partial charge in [-0.05, 0) is 44.7 Å². The van der Waals surface area contributed by atoms with Crippen LogP contribution in [0.1, 0.15) is 36.8 Å². The van der Waals surface area contributed by atoms with E-state index in [1.165, 1.54) is 5.56 Å². The Labute approximate surface area is 161 Å². The van der Waals surface area contributed by atoms with Crippen molar-refractivity contribution in [3.63, 3.8) is 0 Å². The van der Waals surface area contributed by atoms with E-state index in [0.29, 0.717) is 12.5 Å². The van der Waals surface area contributed by atoms with E-state index < -0.39 is 0 Å². The lowest BCUT2D eigenvalue weighted by molar-refractivity contribution is 0.249. The molecular weight excluding hydrogens is 338 g/mol. The van der Waals surface area contributed by atoms with Gasteiger partial charge in [-0.25, -0.2) is 14.8 Å². The van der Waals surface area contributed by atoms with Gasteiger partial charge in [0, 0.05) is 43.5 Å². The molecule has 1 aliphatic rings. The van der Waals surface area contributed by atoms with E-state index in [9.17, 15) is 4.79 Å². The highest BCUT2D eigenvalue weighted by molar-refractivity contribution is 5.89. The highest BCUT2D eigenvalue weighted by Crippen LogP contribution is 2.22. The topological polar surface area (TPSA) is 70.2 Å². The molecule has 0 spiro atoms. The van der Waals surface area contributed by atoms with Gasteiger partial charge >= 0.3 is 6.03 Å². The number of aromatic nitrogens is 2. The molecule has 0 saturated carbocycles. The molecule has 0 radical (unpaired) electrons. The number of carbonyl (C=O) groups excluding carboxylic acids is 1. The second kappa shape index (κ2) is 8.84. The molecule has 1 aromatic heterocycles. The second-order valence-electron chi connectivity index (χ2n) is 7.29. The Morgan fingerprint density at radius 3 is 2.74 bits per heavy atom. The monoisotopic (exact) mass is 367 g/mol. The van der Waals surface area contributed by atoms with Gasteiger partial charge in [0.25, 0.3) is 0 Å². The van der Waals surface area contributed by atoms with Crippen LogP contribution in [-0.4, -0.2) is 35.6 Å². The Morgan fingerprint density at radius 1 is 1.22 bits per heavy atom. The van der Waals surface area contributed by atoms with Crippen molar-refractivity contribution in [3.8, 4) is 0 Å². The van der Waals surface area contributed by atoms with E-state index in [2.05, 4.69) is 38.5 Å². The first-order chi connectivity index (χ1) is 13.0. The third kappa shape index (κ3) is 5.42.